The standard InChI is InChI=1S/C25H25NO5/c1-25(2,3)31-24(29)26-20(17-11-5-4-6-12-17)21(23(27)28)30-22(26)19-15-9-13-16-10-7-8-14-18(16)19/h4-15,20-22H,1-3H3,(H,27,28)/t20-,21+,22?/m0/s1. The van der Waals surface area contributed by atoms with Crippen LogP contribution in [0.25, 0.3) is 10.8 Å². The average Bonchev–Trinajstić information content (AvgIpc) is 3.14. The minimum atomic E-state index is -1.24. The van der Waals surface area contributed by atoms with Crippen molar-refractivity contribution in [1.82, 2.24) is 4.90 Å². The summed E-state index contributed by atoms with van der Waals surface area (Å²) in [5.74, 6) is -1.13. The maximum absolute atomic E-state index is 13.4. The number of benzene rings is 3. The minimum Gasteiger partial charge on any atom is -0.479 e. The van der Waals surface area contributed by atoms with E-state index in [4.69, 9.17) is 9.47 Å². The van der Waals surface area contributed by atoms with Crippen LogP contribution in [0.3, 0.4) is 0 Å². The Bertz CT molecular complexity index is 1100. The first kappa shape index (κ1) is 20.9. The number of amides is 1. The highest BCUT2D eigenvalue weighted by molar-refractivity contribution is 5.87. The van der Waals surface area contributed by atoms with Gasteiger partial charge in [-0.25, -0.2) is 9.59 Å². The fourth-order valence-corrected chi connectivity index (χ4v) is 3.96. The molecule has 0 aliphatic carbocycles. The van der Waals surface area contributed by atoms with Gasteiger partial charge in [0.2, 0.25) is 0 Å². The van der Waals surface area contributed by atoms with Crippen molar-refractivity contribution >= 4 is 22.8 Å². The summed E-state index contributed by atoms with van der Waals surface area (Å²) in [6, 6.07) is 21.7. The normalized spacial score (nSPS) is 21.3. The topological polar surface area (TPSA) is 76.1 Å². The Morgan fingerprint density at radius 1 is 0.935 bits per heavy atom. The lowest BCUT2D eigenvalue weighted by Crippen LogP contribution is -2.40. The van der Waals surface area contributed by atoms with Crippen LogP contribution in [0.15, 0.2) is 72.8 Å². The zero-order valence-electron chi connectivity index (χ0n) is 17.7. The number of nitrogens with zero attached hydrogens (tertiary/aromatic N) is 1. The molecule has 1 aliphatic rings. The van der Waals surface area contributed by atoms with E-state index in [9.17, 15) is 14.7 Å². The average molecular weight is 419 g/mol. The Morgan fingerprint density at radius 2 is 1.58 bits per heavy atom. The third-order valence-electron chi connectivity index (χ3n) is 5.19. The first-order valence-corrected chi connectivity index (χ1v) is 10.2. The predicted molar refractivity (Wildman–Crippen MR) is 116 cm³/mol. The van der Waals surface area contributed by atoms with Gasteiger partial charge in [-0.3, -0.25) is 4.90 Å². The van der Waals surface area contributed by atoms with Crippen molar-refractivity contribution in [2.75, 3.05) is 0 Å². The van der Waals surface area contributed by atoms with E-state index in [0.29, 0.717) is 11.1 Å². The molecule has 160 valence electrons. The van der Waals surface area contributed by atoms with Crippen LogP contribution in [0, 0.1) is 0 Å². The summed E-state index contributed by atoms with van der Waals surface area (Å²) in [6.45, 7) is 5.34. The molecule has 1 N–H and O–H groups in total. The maximum atomic E-state index is 13.4. The number of rotatable bonds is 3. The van der Waals surface area contributed by atoms with E-state index in [0.717, 1.165) is 10.8 Å². The highest BCUT2D eigenvalue weighted by Gasteiger charge is 2.51. The predicted octanol–water partition coefficient (Wildman–Crippen LogP) is 5.30. The summed E-state index contributed by atoms with van der Waals surface area (Å²) in [5.41, 5.74) is 0.639. The molecule has 0 bridgehead atoms. The molecule has 1 aliphatic heterocycles. The van der Waals surface area contributed by atoms with Crippen LogP contribution in [0.2, 0.25) is 0 Å². The van der Waals surface area contributed by atoms with Crippen LogP contribution in [0.1, 0.15) is 44.2 Å². The summed E-state index contributed by atoms with van der Waals surface area (Å²) < 4.78 is 11.7. The molecule has 3 aromatic rings. The van der Waals surface area contributed by atoms with Gasteiger partial charge in [0.25, 0.3) is 0 Å². The smallest absolute Gasteiger partial charge is 0.413 e. The second-order valence-electron chi connectivity index (χ2n) is 8.56. The van der Waals surface area contributed by atoms with Gasteiger partial charge in [0.1, 0.15) is 11.6 Å². The molecule has 1 fully saturated rings. The number of carboxylic acid groups (broad SMARTS) is 1. The second kappa shape index (κ2) is 8.04. The molecule has 0 aromatic heterocycles. The number of carbonyl (C=O) groups excluding carboxylic acids is 1. The lowest BCUT2D eigenvalue weighted by atomic mass is 9.99. The SMILES string of the molecule is CC(C)(C)OC(=O)N1C(c2cccc3ccccc23)O[C@@H](C(=O)O)[C@@H]1c1ccccc1. The quantitative estimate of drug-likeness (QED) is 0.623. The molecule has 6 heteroatoms. The Kier molecular flexibility index (Phi) is 5.41. The van der Waals surface area contributed by atoms with Crippen LogP contribution >= 0.6 is 0 Å². The summed E-state index contributed by atoms with van der Waals surface area (Å²) in [4.78, 5) is 27.0. The fourth-order valence-electron chi connectivity index (χ4n) is 3.96. The van der Waals surface area contributed by atoms with E-state index in [1.54, 1.807) is 32.9 Å². The largest absolute Gasteiger partial charge is 0.479 e. The number of carboxylic acids is 1. The van der Waals surface area contributed by atoms with Gasteiger partial charge in [-0.05, 0) is 37.1 Å². The first-order chi connectivity index (χ1) is 14.8. The molecule has 1 amide bonds. The summed E-state index contributed by atoms with van der Waals surface area (Å²) >= 11 is 0. The lowest BCUT2D eigenvalue weighted by molar-refractivity contribution is -0.150. The molecule has 0 spiro atoms. The number of fused-ring (bicyclic) bond motifs is 1. The molecular weight excluding hydrogens is 394 g/mol. The van der Waals surface area contributed by atoms with E-state index in [2.05, 4.69) is 0 Å². The van der Waals surface area contributed by atoms with Crippen LogP contribution in [-0.2, 0) is 14.3 Å². The van der Waals surface area contributed by atoms with Crippen LogP contribution in [0.4, 0.5) is 4.79 Å². The van der Waals surface area contributed by atoms with E-state index in [1.165, 1.54) is 4.90 Å². The molecule has 1 heterocycles. The molecule has 3 aromatic carbocycles. The number of ether oxygens (including phenoxy) is 2. The van der Waals surface area contributed by atoms with Gasteiger partial charge in [-0.1, -0.05) is 72.8 Å². The van der Waals surface area contributed by atoms with Crippen molar-refractivity contribution in [3.05, 3.63) is 83.9 Å². The lowest BCUT2D eigenvalue weighted by Gasteiger charge is -2.32. The molecule has 0 saturated carbocycles. The highest BCUT2D eigenvalue weighted by atomic mass is 16.6. The van der Waals surface area contributed by atoms with Crippen molar-refractivity contribution in [2.45, 2.75) is 44.7 Å². The van der Waals surface area contributed by atoms with Crippen molar-refractivity contribution in [3.63, 3.8) is 0 Å². The van der Waals surface area contributed by atoms with E-state index >= 15 is 0 Å². The fraction of sp³-hybridized carbons (Fsp3) is 0.280. The van der Waals surface area contributed by atoms with E-state index in [1.807, 2.05) is 60.7 Å². The van der Waals surface area contributed by atoms with Crippen molar-refractivity contribution in [2.24, 2.45) is 0 Å². The molecule has 4 rings (SSSR count). The number of carbonyl (C=O) groups is 2. The number of hydrogen-bond donors (Lipinski definition) is 1. The van der Waals surface area contributed by atoms with Crippen molar-refractivity contribution < 1.29 is 24.2 Å². The molecule has 6 nitrogen and oxygen atoms in total. The Labute approximate surface area is 181 Å². The van der Waals surface area contributed by atoms with Gasteiger partial charge in [-0.2, -0.15) is 0 Å². The zero-order valence-corrected chi connectivity index (χ0v) is 17.7. The summed E-state index contributed by atoms with van der Waals surface area (Å²) in [7, 11) is 0. The summed E-state index contributed by atoms with van der Waals surface area (Å²) in [5, 5.41) is 11.8. The number of hydrogen-bond acceptors (Lipinski definition) is 4. The van der Waals surface area contributed by atoms with E-state index in [-0.39, 0.29) is 0 Å². The van der Waals surface area contributed by atoms with Gasteiger partial charge in [0.05, 0.1) is 0 Å². The van der Waals surface area contributed by atoms with Gasteiger partial charge < -0.3 is 14.6 Å². The highest BCUT2D eigenvalue weighted by Crippen LogP contribution is 2.45. The first-order valence-electron chi connectivity index (χ1n) is 10.2. The zero-order chi connectivity index (χ0) is 22.2. The maximum Gasteiger partial charge on any atom is 0.413 e. The second-order valence-corrected chi connectivity index (χ2v) is 8.56. The van der Waals surface area contributed by atoms with Gasteiger partial charge in [-0.15, -0.1) is 0 Å². The van der Waals surface area contributed by atoms with Crippen molar-refractivity contribution in [3.8, 4) is 0 Å². The third-order valence-corrected chi connectivity index (χ3v) is 5.19. The van der Waals surface area contributed by atoms with E-state index < -0.39 is 36.0 Å². The minimum absolute atomic E-state index is 0.622. The molecule has 31 heavy (non-hydrogen) atoms. The Morgan fingerprint density at radius 3 is 2.26 bits per heavy atom. The summed E-state index contributed by atoms with van der Waals surface area (Å²) in [6.07, 6.45) is -2.77. The molecule has 0 radical (unpaired) electrons. The van der Waals surface area contributed by atoms with Gasteiger partial charge in [0.15, 0.2) is 12.3 Å². The molecular formula is C25H25NO5. The monoisotopic (exact) mass is 419 g/mol. The Balaban J connectivity index is 1.88. The van der Waals surface area contributed by atoms with Crippen LogP contribution < -0.4 is 0 Å². The van der Waals surface area contributed by atoms with Gasteiger partial charge >= 0.3 is 12.1 Å². The molecule has 1 saturated heterocycles. The third kappa shape index (κ3) is 4.11. The Hall–Kier alpha value is -3.38. The van der Waals surface area contributed by atoms with Crippen molar-refractivity contribution in [1.29, 1.82) is 0 Å². The van der Waals surface area contributed by atoms with Crippen LogP contribution in [-0.4, -0.2) is 33.8 Å². The van der Waals surface area contributed by atoms with Gasteiger partial charge in [0, 0.05) is 5.56 Å². The van der Waals surface area contributed by atoms with Crippen LogP contribution in [0.5, 0.6) is 0 Å². The number of aliphatic carboxylic acids is 1. The molecule has 1 unspecified atom stereocenters. The molecule has 3 atom stereocenters.